The van der Waals surface area contributed by atoms with Gasteiger partial charge in [0.2, 0.25) is 5.88 Å². The summed E-state index contributed by atoms with van der Waals surface area (Å²) in [4.78, 5) is 5.50. The number of pyridine rings is 1. The van der Waals surface area contributed by atoms with Crippen molar-refractivity contribution in [3.63, 3.8) is 0 Å². The molecular weight excluding hydrogens is 206 g/mol. The molecule has 0 atom stereocenters. The molecule has 1 aromatic heterocycles. The van der Waals surface area contributed by atoms with E-state index in [2.05, 4.69) is 9.72 Å². The zero-order chi connectivity index (χ0) is 10.8. The summed E-state index contributed by atoms with van der Waals surface area (Å²) in [5, 5.41) is 9.09. The summed E-state index contributed by atoms with van der Waals surface area (Å²) >= 11 is 0. The number of β-amino-alcohol motifs (C(OH)–C–C–N with tert-alkyl or cyclic N) is 1. The summed E-state index contributed by atoms with van der Waals surface area (Å²) in [5.74, 6) is -0.108. The van der Waals surface area contributed by atoms with Gasteiger partial charge >= 0.3 is 6.61 Å². The normalized spacial score (nSPS) is 16.7. The van der Waals surface area contributed by atoms with E-state index >= 15 is 0 Å². The second kappa shape index (κ2) is 3.98. The maximum absolute atomic E-state index is 11.9. The number of halogens is 2. The third-order valence-electron chi connectivity index (χ3n) is 2.16. The maximum atomic E-state index is 11.9. The Bertz CT molecular complexity index is 343. The fraction of sp³-hybridized carbons (Fsp3) is 0.444. The number of aromatic nitrogens is 1. The summed E-state index contributed by atoms with van der Waals surface area (Å²) in [6, 6.07) is 3.11. The molecule has 0 bridgehead atoms. The monoisotopic (exact) mass is 216 g/mol. The Balaban J connectivity index is 2.06. The van der Waals surface area contributed by atoms with Gasteiger partial charge < -0.3 is 14.7 Å². The lowest BCUT2D eigenvalue weighted by molar-refractivity contribution is -0.0528. The number of anilines is 1. The molecule has 1 saturated heterocycles. The Morgan fingerprint density at radius 3 is 2.87 bits per heavy atom. The van der Waals surface area contributed by atoms with Crippen LogP contribution in [0.25, 0.3) is 0 Å². The Morgan fingerprint density at radius 2 is 2.27 bits per heavy atom. The molecule has 15 heavy (non-hydrogen) atoms. The van der Waals surface area contributed by atoms with Gasteiger partial charge in [-0.1, -0.05) is 0 Å². The van der Waals surface area contributed by atoms with Gasteiger partial charge in [-0.25, -0.2) is 4.98 Å². The molecule has 0 aliphatic carbocycles. The van der Waals surface area contributed by atoms with Crippen molar-refractivity contribution in [1.29, 1.82) is 0 Å². The third-order valence-corrected chi connectivity index (χ3v) is 2.16. The van der Waals surface area contributed by atoms with Crippen molar-refractivity contribution in [2.45, 2.75) is 12.7 Å². The van der Waals surface area contributed by atoms with Gasteiger partial charge in [0.25, 0.3) is 0 Å². The molecule has 0 aromatic carbocycles. The highest BCUT2D eigenvalue weighted by atomic mass is 19.3. The number of alkyl halides is 2. The van der Waals surface area contributed by atoms with Crippen LogP contribution in [-0.4, -0.2) is 35.9 Å². The van der Waals surface area contributed by atoms with Crippen LogP contribution < -0.4 is 9.64 Å². The molecule has 2 rings (SSSR count). The van der Waals surface area contributed by atoms with E-state index in [0.29, 0.717) is 13.1 Å². The lowest BCUT2D eigenvalue weighted by atomic mass is 10.1. The molecule has 1 aromatic rings. The van der Waals surface area contributed by atoms with Crippen LogP contribution >= 0.6 is 0 Å². The van der Waals surface area contributed by atoms with Gasteiger partial charge in [0.15, 0.2) is 0 Å². The largest absolute Gasteiger partial charge is 0.417 e. The first-order valence-corrected chi connectivity index (χ1v) is 4.49. The minimum Gasteiger partial charge on any atom is -0.417 e. The molecule has 1 aliphatic rings. The maximum Gasteiger partial charge on any atom is 0.388 e. The van der Waals surface area contributed by atoms with Crippen molar-refractivity contribution in [1.82, 2.24) is 4.98 Å². The molecule has 0 unspecified atom stereocenters. The Kier molecular flexibility index (Phi) is 2.68. The highest BCUT2D eigenvalue weighted by Crippen LogP contribution is 2.24. The molecule has 1 fully saturated rings. The average Bonchev–Trinajstić information content (AvgIpc) is 2.12. The van der Waals surface area contributed by atoms with Crippen LogP contribution in [0.15, 0.2) is 18.3 Å². The van der Waals surface area contributed by atoms with Gasteiger partial charge in [0.1, 0.15) is 0 Å². The number of rotatable bonds is 3. The highest BCUT2D eigenvalue weighted by Gasteiger charge is 2.24. The van der Waals surface area contributed by atoms with Crippen LogP contribution in [0.4, 0.5) is 14.5 Å². The SMILES string of the molecule is OC1CN(c2ccnc(OC(F)F)c2)C1. The zero-order valence-electron chi connectivity index (χ0n) is 7.81. The molecule has 82 valence electrons. The fourth-order valence-corrected chi connectivity index (χ4v) is 1.42. The molecule has 0 saturated carbocycles. The van der Waals surface area contributed by atoms with Crippen molar-refractivity contribution < 1.29 is 18.6 Å². The summed E-state index contributed by atoms with van der Waals surface area (Å²) in [7, 11) is 0. The number of hydrogen-bond acceptors (Lipinski definition) is 4. The second-order valence-corrected chi connectivity index (χ2v) is 3.29. The Morgan fingerprint density at radius 1 is 1.53 bits per heavy atom. The van der Waals surface area contributed by atoms with Crippen LogP contribution in [0.2, 0.25) is 0 Å². The van der Waals surface area contributed by atoms with E-state index in [-0.39, 0.29) is 12.0 Å². The summed E-state index contributed by atoms with van der Waals surface area (Å²) in [6.07, 6.45) is 1.07. The van der Waals surface area contributed by atoms with Gasteiger partial charge in [-0.3, -0.25) is 0 Å². The predicted octanol–water partition coefficient (Wildman–Crippen LogP) is 0.864. The molecule has 2 heterocycles. The number of aliphatic hydroxyl groups is 1. The molecule has 1 aliphatic heterocycles. The smallest absolute Gasteiger partial charge is 0.388 e. The average molecular weight is 216 g/mol. The fourth-order valence-electron chi connectivity index (χ4n) is 1.42. The number of hydrogen-bond donors (Lipinski definition) is 1. The minimum atomic E-state index is -2.87. The van der Waals surface area contributed by atoms with Crippen molar-refractivity contribution in [2.75, 3.05) is 18.0 Å². The van der Waals surface area contributed by atoms with Gasteiger partial charge in [-0.2, -0.15) is 8.78 Å². The first-order chi connectivity index (χ1) is 7.15. The van der Waals surface area contributed by atoms with Gasteiger partial charge in [0.05, 0.1) is 6.10 Å². The topological polar surface area (TPSA) is 45.6 Å². The first-order valence-electron chi connectivity index (χ1n) is 4.49. The molecule has 0 radical (unpaired) electrons. The van der Waals surface area contributed by atoms with E-state index in [1.165, 1.54) is 12.3 Å². The number of aliphatic hydroxyl groups excluding tert-OH is 1. The summed E-state index contributed by atoms with van der Waals surface area (Å²) in [5.41, 5.74) is 0.728. The van der Waals surface area contributed by atoms with E-state index in [9.17, 15) is 8.78 Å². The van der Waals surface area contributed by atoms with Crippen molar-refractivity contribution in [2.24, 2.45) is 0 Å². The summed E-state index contributed by atoms with van der Waals surface area (Å²) < 4.78 is 28.0. The molecular formula is C9H10F2N2O2. The van der Waals surface area contributed by atoms with E-state index in [0.717, 1.165) is 5.69 Å². The lowest BCUT2D eigenvalue weighted by Crippen LogP contribution is -2.50. The van der Waals surface area contributed by atoms with E-state index < -0.39 is 6.61 Å². The van der Waals surface area contributed by atoms with Gasteiger partial charge in [-0.05, 0) is 6.07 Å². The molecule has 0 spiro atoms. The second-order valence-electron chi connectivity index (χ2n) is 3.29. The van der Waals surface area contributed by atoms with Crippen molar-refractivity contribution in [3.05, 3.63) is 18.3 Å². The molecule has 1 N–H and O–H groups in total. The van der Waals surface area contributed by atoms with Crippen molar-refractivity contribution >= 4 is 5.69 Å². The van der Waals surface area contributed by atoms with Crippen LogP contribution in [0.3, 0.4) is 0 Å². The van der Waals surface area contributed by atoms with Crippen LogP contribution in [0.5, 0.6) is 5.88 Å². The third kappa shape index (κ3) is 2.33. The summed E-state index contributed by atoms with van der Waals surface area (Å²) in [6.45, 7) is -1.84. The molecule has 6 heteroatoms. The Labute approximate surface area is 85.1 Å². The van der Waals surface area contributed by atoms with Crippen LogP contribution in [-0.2, 0) is 0 Å². The highest BCUT2D eigenvalue weighted by molar-refractivity contribution is 5.50. The van der Waals surface area contributed by atoms with Crippen LogP contribution in [0.1, 0.15) is 0 Å². The van der Waals surface area contributed by atoms with E-state index in [1.54, 1.807) is 6.07 Å². The van der Waals surface area contributed by atoms with Gasteiger partial charge in [-0.15, -0.1) is 0 Å². The molecule has 4 nitrogen and oxygen atoms in total. The lowest BCUT2D eigenvalue weighted by Gasteiger charge is -2.37. The number of ether oxygens (including phenoxy) is 1. The Hall–Kier alpha value is -1.43. The quantitative estimate of drug-likeness (QED) is 0.814. The van der Waals surface area contributed by atoms with Crippen LogP contribution in [0, 0.1) is 0 Å². The van der Waals surface area contributed by atoms with Gasteiger partial charge in [0, 0.05) is 31.0 Å². The first kappa shape index (κ1) is 10.1. The predicted molar refractivity (Wildman–Crippen MR) is 49.1 cm³/mol. The van der Waals surface area contributed by atoms with E-state index in [1.807, 2.05) is 4.90 Å². The van der Waals surface area contributed by atoms with E-state index in [4.69, 9.17) is 5.11 Å². The minimum absolute atomic E-state index is 0.108. The zero-order valence-corrected chi connectivity index (χ0v) is 7.81. The molecule has 0 amide bonds. The van der Waals surface area contributed by atoms with Crippen molar-refractivity contribution in [3.8, 4) is 5.88 Å². The standard InChI is InChI=1S/C9H10F2N2O2/c10-9(11)15-8-3-6(1-2-12-8)13-4-7(14)5-13/h1-3,7,9,14H,4-5H2. The number of nitrogens with zero attached hydrogens (tertiary/aromatic N) is 2.